The van der Waals surface area contributed by atoms with Gasteiger partial charge in [-0.25, -0.2) is 0 Å². The summed E-state index contributed by atoms with van der Waals surface area (Å²) in [7, 11) is 1.69. The summed E-state index contributed by atoms with van der Waals surface area (Å²) < 4.78 is 10.9. The molecule has 1 aromatic carbocycles. The molecule has 0 bridgehead atoms. The van der Waals surface area contributed by atoms with E-state index < -0.39 is 0 Å². The summed E-state index contributed by atoms with van der Waals surface area (Å²) in [4.78, 5) is 0. The number of hydrogen-bond acceptors (Lipinski definition) is 3. The summed E-state index contributed by atoms with van der Waals surface area (Å²) in [5.74, 6) is 0.0104. The van der Waals surface area contributed by atoms with Crippen molar-refractivity contribution in [2.45, 2.75) is 32.5 Å². The highest BCUT2D eigenvalue weighted by Crippen LogP contribution is 2.19. The Labute approximate surface area is 119 Å². The van der Waals surface area contributed by atoms with Gasteiger partial charge >= 0.3 is 0 Å². The second kappa shape index (κ2) is 6.89. The van der Waals surface area contributed by atoms with Crippen molar-refractivity contribution >= 4 is 17.4 Å². The summed E-state index contributed by atoms with van der Waals surface area (Å²) in [5.41, 5.74) is 6.73. The zero-order chi connectivity index (χ0) is 14.5. The fourth-order valence-corrected chi connectivity index (χ4v) is 1.67. The maximum atomic E-state index is 7.33. The minimum atomic E-state index is -0.178. The van der Waals surface area contributed by atoms with Gasteiger partial charge in [-0.2, -0.15) is 0 Å². The van der Waals surface area contributed by atoms with Gasteiger partial charge in [-0.1, -0.05) is 23.7 Å². The first-order valence-corrected chi connectivity index (χ1v) is 6.49. The van der Waals surface area contributed by atoms with E-state index in [2.05, 4.69) is 0 Å². The van der Waals surface area contributed by atoms with E-state index in [0.717, 1.165) is 12.0 Å². The molecular formula is C14H21ClN2O2. The van der Waals surface area contributed by atoms with Gasteiger partial charge in [-0.3, -0.25) is 5.41 Å². The third kappa shape index (κ3) is 5.19. The lowest BCUT2D eigenvalue weighted by Gasteiger charge is -2.22. The van der Waals surface area contributed by atoms with Crippen LogP contribution in [0.5, 0.6) is 0 Å². The van der Waals surface area contributed by atoms with Crippen molar-refractivity contribution in [1.82, 2.24) is 0 Å². The van der Waals surface area contributed by atoms with Crippen LogP contribution < -0.4 is 5.73 Å². The molecule has 0 fully saturated rings. The third-order valence-electron chi connectivity index (χ3n) is 3.02. The van der Waals surface area contributed by atoms with E-state index in [0.29, 0.717) is 23.8 Å². The van der Waals surface area contributed by atoms with Crippen molar-refractivity contribution in [3.63, 3.8) is 0 Å². The first-order chi connectivity index (χ1) is 8.85. The molecule has 1 rings (SSSR count). The van der Waals surface area contributed by atoms with E-state index in [4.69, 9.17) is 32.2 Å². The van der Waals surface area contributed by atoms with Crippen LogP contribution >= 0.6 is 11.6 Å². The Bertz CT molecular complexity index is 447. The zero-order valence-electron chi connectivity index (χ0n) is 11.6. The van der Waals surface area contributed by atoms with Crippen LogP contribution in [0.2, 0.25) is 5.02 Å². The number of nitrogens with two attached hydrogens (primary N) is 1. The number of halogens is 1. The second-order valence-electron chi connectivity index (χ2n) is 4.99. The van der Waals surface area contributed by atoms with Crippen molar-refractivity contribution in [2.24, 2.45) is 5.73 Å². The fraction of sp³-hybridized carbons (Fsp3) is 0.500. The number of benzene rings is 1. The molecule has 3 N–H and O–H groups in total. The SMILES string of the molecule is COC(C)(C)CCOCc1ccc(C(=N)N)cc1Cl. The molecule has 19 heavy (non-hydrogen) atoms. The molecule has 0 radical (unpaired) electrons. The van der Waals surface area contributed by atoms with Gasteiger partial charge in [0.05, 0.1) is 12.2 Å². The second-order valence-corrected chi connectivity index (χ2v) is 5.39. The number of hydrogen-bond donors (Lipinski definition) is 2. The normalized spacial score (nSPS) is 11.6. The highest BCUT2D eigenvalue weighted by molar-refractivity contribution is 6.31. The minimum absolute atomic E-state index is 0.0104. The van der Waals surface area contributed by atoms with Gasteiger partial charge in [-0.05, 0) is 31.9 Å². The lowest BCUT2D eigenvalue weighted by atomic mass is 10.1. The molecule has 5 heteroatoms. The maximum absolute atomic E-state index is 7.33. The van der Waals surface area contributed by atoms with Gasteiger partial charge in [0, 0.05) is 24.3 Å². The number of rotatable bonds is 7. The Hall–Kier alpha value is -1.10. The van der Waals surface area contributed by atoms with Crippen molar-refractivity contribution in [2.75, 3.05) is 13.7 Å². The van der Waals surface area contributed by atoms with Gasteiger partial charge < -0.3 is 15.2 Å². The molecule has 0 aliphatic heterocycles. The summed E-state index contributed by atoms with van der Waals surface area (Å²) in [6.07, 6.45) is 0.812. The number of methoxy groups -OCH3 is 1. The van der Waals surface area contributed by atoms with Crippen molar-refractivity contribution in [3.05, 3.63) is 34.3 Å². The molecule has 0 heterocycles. The smallest absolute Gasteiger partial charge is 0.122 e. The number of nitrogens with one attached hydrogen (secondary N) is 1. The maximum Gasteiger partial charge on any atom is 0.122 e. The molecule has 1 aromatic rings. The van der Waals surface area contributed by atoms with Gasteiger partial charge in [0.25, 0.3) is 0 Å². The molecule has 0 unspecified atom stereocenters. The average molecular weight is 285 g/mol. The summed E-state index contributed by atoms with van der Waals surface area (Å²) >= 11 is 6.11. The van der Waals surface area contributed by atoms with Crippen LogP contribution in [0.25, 0.3) is 0 Å². The van der Waals surface area contributed by atoms with Gasteiger partial charge in [0.2, 0.25) is 0 Å². The molecule has 0 spiro atoms. The highest BCUT2D eigenvalue weighted by Gasteiger charge is 2.15. The van der Waals surface area contributed by atoms with E-state index in [1.807, 2.05) is 19.9 Å². The molecule has 0 saturated heterocycles. The first-order valence-electron chi connectivity index (χ1n) is 6.11. The van der Waals surface area contributed by atoms with Crippen LogP contribution in [-0.4, -0.2) is 25.2 Å². The monoisotopic (exact) mass is 284 g/mol. The predicted molar refractivity (Wildman–Crippen MR) is 77.8 cm³/mol. The lowest BCUT2D eigenvalue weighted by molar-refractivity contribution is -0.0124. The lowest BCUT2D eigenvalue weighted by Crippen LogP contribution is -2.24. The first kappa shape index (κ1) is 16.0. The van der Waals surface area contributed by atoms with Crippen molar-refractivity contribution < 1.29 is 9.47 Å². The summed E-state index contributed by atoms with van der Waals surface area (Å²) in [5, 5.41) is 7.90. The van der Waals surface area contributed by atoms with Crippen molar-refractivity contribution in [1.29, 1.82) is 5.41 Å². The Morgan fingerprint density at radius 1 is 1.42 bits per heavy atom. The molecule has 0 atom stereocenters. The molecule has 0 aromatic heterocycles. The van der Waals surface area contributed by atoms with Crippen LogP contribution in [0.15, 0.2) is 18.2 Å². The molecular weight excluding hydrogens is 264 g/mol. The number of ether oxygens (including phenoxy) is 2. The molecule has 0 aliphatic rings. The third-order valence-corrected chi connectivity index (χ3v) is 3.37. The molecule has 0 aliphatic carbocycles. The quantitative estimate of drug-likeness (QED) is 0.459. The Morgan fingerprint density at radius 3 is 2.63 bits per heavy atom. The fourth-order valence-electron chi connectivity index (χ4n) is 1.43. The Morgan fingerprint density at radius 2 is 2.11 bits per heavy atom. The molecule has 106 valence electrons. The minimum Gasteiger partial charge on any atom is -0.384 e. The topological polar surface area (TPSA) is 68.3 Å². The van der Waals surface area contributed by atoms with Crippen LogP contribution in [0, 0.1) is 5.41 Å². The number of amidine groups is 1. The van der Waals surface area contributed by atoms with E-state index in [1.165, 1.54) is 0 Å². The molecule has 0 saturated carbocycles. The average Bonchev–Trinajstić information content (AvgIpc) is 2.36. The van der Waals surface area contributed by atoms with Gasteiger partial charge in [0.15, 0.2) is 0 Å². The van der Waals surface area contributed by atoms with Crippen LogP contribution in [-0.2, 0) is 16.1 Å². The molecule has 0 amide bonds. The van der Waals surface area contributed by atoms with Crippen molar-refractivity contribution in [3.8, 4) is 0 Å². The largest absolute Gasteiger partial charge is 0.384 e. The Kier molecular flexibility index (Phi) is 5.79. The van der Waals surface area contributed by atoms with E-state index >= 15 is 0 Å². The predicted octanol–water partition coefficient (Wildman–Crippen LogP) is 2.96. The zero-order valence-corrected chi connectivity index (χ0v) is 12.4. The van der Waals surface area contributed by atoms with Crippen LogP contribution in [0.3, 0.4) is 0 Å². The number of nitrogen functional groups attached to an aromatic ring is 1. The van der Waals surface area contributed by atoms with Gasteiger partial charge in [-0.15, -0.1) is 0 Å². The van der Waals surface area contributed by atoms with Gasteiger partial charge in [0.1, 0.15) is 5.84 Å². The van der Waals surface area contributed by atoms with Crippen LogP contribution in [0.1, 0.15) is 31.4 Å². The summed E-state index contributed by atoms with van der Waals surface area (Å²) in [6.45, 7) is 5.08. The van der Waals surface area contributed by atoms with E-state index in [9.17, 15) is 0 Å². The highest BCUT2D eigenvalue weighted by atomic mass is 35.5. The standard InChI is InChI=1S/C14H21ClN2O2/c1-14(2,18-3)6-7-19-9-11-5-4-10(13(16)17)8-12(11)15/h4-5,8H,6-7,9H2,1-3H3,(H3,16,17). The van der Waals surface area contributed by atoms with E-state index in [1.54, 1.807) is 19.2 Å². The van der Waals surface area contributed by atoms with Crippen LogP contribution in [0.4, 0.5) is 0 Å². The molecule has 4 nitrogen and oxygen atoms in total. The van der Waals surface area contributed by atoms with E-state index in [-0.39, 0.29) is 11.4 Å². The Balaban J connectivity index is 2.48. The summed E-state index contributed by atoms with van der Waals surface area (Å²) in [6, 6.07) is 5.29.